The van der Waals surface area contributed by atoms with Crippen LogP contribution in [0.2, 0.25) is 0 Å². The second kappa shape index (κ2) is 9.60. The predicted molar refractivity (Wildman–Crippen MR) is 123 cm³/mol. The van der Waals surface area contributed by atoms with Crippen LogP contribution >= 0.6 is 0 Å². The number of aryl methyl sites for hydroxylation is 1. The minimum absolute atomic E-state index is 0.0469. The van der Waals surface area contributed by atoms with Gasteiger partial charge in [0.1, 0.15) is 18.0 Å². The second-order valence-electron chi connectivity index (χ2n) is 8.30. The van der Waals surface area contributed by atoms with E-state index in [1.807, 2.05) is 20.8 Å². The van der Waals surface area contributed by atoms with E-state index in [1.54, 1.807) is 30.7 Å². The first kappa shape index (κ1) is 24.0. The Hall–Kier alpha value is -3.16. The van der Waals surface area contributed by atoms with E-state index in [0.717, 1.165) is 5.56 Å². The summed E-state index contributed by atoms with van der Waals surface area (Å²) in [7, 11) is -4.06. The Balaban J connectivity index is 1.69. The molecule has 3 aromatic heterocycles. The molecule has 0 saturated carbocycles. The van der Waals surface area contributed by atoms with E-state index in [4.69, 9.17) is 9.47 Å². The molecule has 0 radical (unpaired) electrons. The summed E-state index contributed by atoms with van der Waals surface area (Å²) in [5.74, 6) is 0.881. The zero-order chi connectivity index (χ0) is 24.5. The molecule has 2 unspecified atom stereocenters. The molecule has 3 aromatic rings. The average Bonchev–Trinajstić information content (AvgIpc) is 3.12. The third-order valence-corrected chi connectivity index (χ3v) is 7.01. The lowest BCUT2D eigenvalue weighted by Crippen LogP contribution is -2.35. The number of fused-ring (bicyclic) bond motifs is 3. The van der Waals surface area contributed by atoms with E-state index in [2.05, 4.69) is 29.9 Å². The fourth-order valence-corrected chi connectivity index (χ4v) is 4.65. The summed E-state index contributed by atoms with van der Waals surface area (Å²) >= 11 is 0. The van der Waals surface area contributed by atoms with Crippen molar-refractivity contribution < 1.29 is 23.0 Å². The Bertz CT molecular complexity index is 1250. The van der Waals surface area contributed by atoms with Gasteiger partial charge >= 0.3 is 0 Å². The Morgan fingerprint density at radius 3 is 2.65 bits per heavy atom. The quantitative estimate of drug-likeness (QED) is 0.477. The number of aromatic nitrogens is 6. The number of nitrogens with zero attached hydrogens (tertiary/aromatic N) is 6. The molecule has 1 aliphatic rings. The molecule has 0 spiro atoms. The zero-order valence-electron chi connectivity index (χ0n) is 19.3. The van der Waals surface area contributed by atoms with Crippen molar-refractivity contribution >= 4 is 16.0 Å². The number of anilines is 1. The molecule has 0 aliphatic carbocycles. The Labute approximate surface area is 197 Å². The molecule has 13 heteroatoms. The number of rotatable bonds is 8. The van der Waals surface area contributed by atoms with Crippen LogP contribution in [0, 0.1) is 6.92 Å². The lowest BCUT2D eigenvalue weighted by atomic mass is 10.2. The standard InChI is InChI=1S/C21H27N7O5S/c1-12(2)33-17(18-23-8-13(3)9-24-18)14(4)34(30,31)27-21-26-25-19-16-6-5-7-22-20(16)32-11-15(10-29)28(19)21/h5-9,12,14-15,17,29H,10-11H2,1-4H3,(H,26,27)/t14?,15-,17?/m1/s1. The average molecular weight is 490 g/mol. The molecule has 4 rings (SSSR count). The summed E-state index contributed by atoms with van der Waals surface area (Å²) in [6, 6.07) is 2.82. The van der Waals surface area contributed by atoms with Crippen LogP contribution < -0.4 is 9.46 Å². The highest BCUT2D eigenvalue weighted by atomic mass is 32.2. The fourth-order valence-electron chi connectivity index (χ4n) is 3.56. The number of sulfonamides is 1. The van der Waals surface area contributed by atoms with Crippen LogP contribution in [0.4, 0.5) is 5.95 Å². The van der Waals surface area contributed by atoms with Crippen molar-refractivity contribution in [1.82, 2.24) is 29.7 Å². The van der Waals surface area contributed by atoms with Crippen LogP contribution in [0.5, 0.6) is 5.88 Å². The minimum Gasteiger partial charge on any atom is -0.475 e. The van der Waals surface area contributed by atoms with E-state index in [1.165, 1.54) is 11.5 Å². The van der Waals surface area contributed by atoms with Crippen molar-refractivity contribution in [2.24, 2.45) is 0 Å². The van der Waals surface area contributed by atoms with Crippen molar-refractivity contribution in [2.45, 2.75) is 51.2 Å². The van der Waals surface area contributed by atoms with E-state index >= 15 is 0 Å². The Morgan fingerprint density at radius 1 is 1.24 bits per heavy atom. The maximum absolute atomic E-state index is 13.4. The molecule has 182 valence electrons. The normalized spacial score (nSPS) is 17.3. The first-order valence-corrected chi connectivity index (χ1v) is 12.4. The van der Waals surface area contributed by atoms with Gasteiger partial charge in [-0.2, -0.15) is 0 Å². The summed E-state index contributed by atoms with van der Waals surface area (Å²) in [4.78, 5) is 12.8. The molecule has 0 amide bonds. The number of aliphatic hydroxyl groups excluding tert-OH is 1. The van der Waals surface area contributed by atoms with Gasteiger partial charge in [-0.25, -0.2) is 23.4 Å². The molecule has 0 bridgehead atoms. The van der Waals surface area contributed by atoms with Gasteiger partial charge in [0.25, 0.3) is 0 Å². The van der Waals surface area contributed by atoms with Crippen LogP contribution in [0.1, 0.15) is 44.3 Å². The molecule has 3 atom stereocenters. The molecule has 12 nitrogen and oxygen atoms in total. The number of pyridine rings is 1. The molecule has 4 heterocycles. The van der Waals surface area contributed by atoms with Gasteiger partial charge in [-0.05, 0) is 45.4 Å². The van der Waals surface area contributed by atoms with Crippen molar-refractivity contribution in [2.75, 3.05) is 17.9 Å². The monoisotopic (exact) mass is 489 g/mol. The largest absolute Gasteiger partial charge is 0.475 e. The third kappa shape index (κ3) is 4.72. The summed E-state index contributed by atoms with van der Waals surface area (Å²) in [6.07, 6.45) is 3.61. The molecular formula is C21H27N7O5S. The summed E-state index contributed by atoms with van der Waals surface area (Å²) in [5, 5.41) is 17.1. The number of aliphatic hydroxyl groups is 1. The van der Waals surface area contributed by atoms with Crippen LogP contribution in [0.25, 0.3) is 11.4 Å². The molecular weight excluding hydrogens is 462 g/mol. The lowest BCUT2D eigenvalue weighted by molar-refractivity contribution is 0.00152. The highest BCUT2D eigenvalue weighted by molar-refractivity contribution is 7.93. The van der Waals surface area contributed by atoms with E-state index in [-0.39, 0.29) is 31.1 Å². The van der Waals surface area contributed by atoms with Crippen molar-refractivity contribution in [1.29, 1.82) is 0 Å². The van der Waals surface area contributed by atoms with Gasteiger partial charge < -0.3 is 14.6 Å². The summed E-state index contributed by atoms with van der Waals surface area (Å²) < 4.78 is 42.5. The number of hydrogen-bond acceptors (Lipinski definition) is 10. The minimum atomic E-state index is -4.06. The van der Waals surface area contributed by atoms with Gasteiger partial charge in [-0.3, -0.25) is 9.29 Å². The molecule has 0 saturated heterocycles. The van der Waals surface area contributed by atoms with Crippen LogP contribution in [0.15, 0.2) is 30.7 Å². The van der Waals surface area contributed by atoms with Crippen LogP contribution in [-0.2, 0) is 14.8 Å². The lowest BCUT2D eigenvalue weighted by Gasteiger charge is -2.26. The maximum atomic E-state index is 13.4. The van der Waals surface area contributed by atoms with Gasteiger partial charge in [0.15, 0.2) is 11.6 Å². The SMILES string of the molecule is Cc1cnc(C(OC(C)C)C(C)S(=O)(=O)Nc2nnc3n2[C@H](CO)COc2ncccc2-3)nc1. The topological polar surface area (TPSA) is 154 Å². The van der Waals surface area contributed by atoms with E-state index < -0.39 is 27.4 Å². The van der Waals surface area contributed by atoms with Crippen molar-refractivity contribution in [3.05, 3.63) is 42.1 Å². The second-order valence-corrected chi connectivity index (χ2v) is 10.3. The first-order valence-electron chi connectivity index (χ1n) is 10.8. The van der Waals surface area contributed by atoms with Crippen LogP contribution in [0.3, 0.4) is 0 Å². The third-order valence-electron chi connectivity index (χ3n) is 5.32. The molecule has 0 aromatic carbocycles. The van der Waals surface area contributed by atoms with Gasteiger partial charge in [0, 0.05) is 18.6 Å². The molecule has 2 N–H and O–H groups in total. The molecule has 0 fully saturated rings. The number of nitrogens with one attached hydrogen (secondary N) is 1. The molecule has 1 aliphatic heterocycles. The first-order chi connectivity index (χ1) is 16.2. The van der Waals surface area contributed by atoms with Gasteiger partial charge in [0.2, 0.25) is 21.9 Å². The highest BCUT2D eigenvalue weighted by Crippen LogP contribution is 2.35. The van der Waals surface area contributed by atoms with Crippen molar-refractivity contribution in [3.63, 3.8) is 0 Å². The van der Waals surface area contributed by atoms with Gasteiger partial charge in [-0.1, -0.05) is 0 Å². The van der Waals surface area contributed by atoms with Gasteiger partial charge in [-0.15, -0.1) is 10.2 Å². The molecule has 34 heavy (non-hydrogen) atoms. The van der Waals surface area contributed by atoms with Gasteiger partial charge in [0.05, 0.1) is 24.3 Å². The maximum Gasteiger partial charge on any atom is 0.240 e. The summed E-state index contributed by atoms with van der Waals surface area (Å²) in [6.45, 7) is 6.72. The highest BCUT2D eigenvalue weighted by Gasteiger charge is 2.36. The fraction of sp³-hybridized carbons (Fsp3) is 0.476. The van der Waals surface area contributed by atoms with Crippen LogP contribution in [-0.4, -0.2) is 67.8 Å². The summed E-state index contributed by atoms with van der Waals surface area (Å²) in [5.41, 5.74) is 1.39. The zero-order valence-corrected chi connectivity index (χ0v) is 20.1. The Kier molecular flexibility index (Phi) is 6.77. The predicted octanol–water partition coefficient (Wildman–Crippen LogP) is 1.66. The number of ether oxygens (including phenoxy) is 2. The van der Waals surface area contributed by atoms with E-state index in [9.17, 15) is 13.5 Å². The van der Waals surface area contributed by atoms with E-state index in [0.29, 0.717) is 17.3 Å². The number of hydrogen-bond donors (Lipinski definition) is 2. The van der Waals surface area contributed by atoms with Crippen molar-refractivity contribution in [3.8, 4) is 17.3 Å². The smallest absolute Gasteiger partial charge is 0.240 e. The Morgan fingerprint density at radius 2 is 1.97 bits per heavy atom.